The SMILES string of the molecule is CC(C)C(C(=O)OC(C)(C)C)N(C)C.O=CC1CCNC1. The van der Waals surface area contributed by atoms with Gasteiger partial charge >= 0.3 is 5.97 Å². The number of ether oxygens (including phenoxy) is 1. The third kappa shape index (κ3) is 8.83. The molecule has 1 aliphatic heterocycles. The van der Waals surface area contributed by atoms with Crippen molar-refractivity contribution in [3.63, 3.8) is 0 Å². The maximum atomic E-state index is 11.8. The van der Waals surface area contributed by atoms with Gasteiger partial charge < -0.3 is 14.8 Å². The van der Waals surface area contributed by atoms with Crippen LogP contribution in [0.5, 0.6) is 0 Å². The minimum Gasteiger partial charge on any atom is -0.459 e. The van der Waals surface area contributed by atoms with Crippen molar-refractivity contribution in [3.05, 3.63) is 0 Å². The lowest BCUT2D eigenvalue weighted by Gasteiger charge is -2.29. The van der Waals surface area contributed by atoms with E-state index >= 15 is 0 Å². The second kappa shape index (κ2) is 9.15. The zero-order valence-electron chi connectivity index (χ0n) is 14.6. The number of carbonyl (C=O) groups excluding carboxylic acids is 2. The van der Waals surface area contributed by atoms with Gasteiger partial charge in [0.2, 0.25) is 0 Å². The van der Waals surface area contributed by atoms with Crippen LogP contribution in [-0.2, 0) is 14.3 Å². The molecule has 2 unspecified atom stereocenters. The van der Waals surface area contributed by atoms with E-state index in [9.17, 15) is 9.59 Å². The molecule has 5 heteroatoms. The highest BCUT2D eigenvalue weighted by Gasteiger charge is 2.29. The standard InChI is InChI=1S/C11H23NO2.C5H9NO/c1-8(2)9(12(6)7)10(13)14-11(3,4)5;7-4-5-1-2-6-3-5/h8-9H,1-7H3;4-6H,1-3H2. The third-order valence-corrected chi connectivity index (χ3v) is 3.13. The van der Waals surface area contributed by atoms with Gasteiger partial charge in [-0.05, 0) is 53.8 Å². The predicted molar refractivity (Wildman–Crippen MR) is 85.2 cm³/mol. The number of rotatable bonds is 4. The minimum absolute atomic E-state index is 0.141. The summed E-state index contributed by atoms with van der Waals surface area (Å²) in [7, 11) is 3.79. The summed E-state index contributed by atoms with van der Waals surface area (Å²) in [5.74, 6) is 0.428. The molecule has 124 valence electrons. The van der Waals surface area contributed by atoms with Crippen molar-refractivity contribution in [2.45, 2.75) is 52.7 Å². The monoisotopic (exact) mass is 300 g/mol. The van der Waals surface area contributed by atoms with Crippen LogP contribution < -0.4 is 5.32 Å². The Morgan fingerprint density at radius 2 is 1.90 bits per heavy atom. The van der Waals surface area contributed by atoms with E-state index in [4.69, 9.17) is 4.74 Å². The maximum Gasteiger partial charge on any atom is 0.324 e. The molecule has 0 aromatic heterocycles. The van der Waals surface area contributed by atoms with Gasteiger partial charge in [-0.15, -0.1) is 0 Å². The molecule has 1 saturated heterocycles. The Labute approximate surface area is 129 Å². The zero-order valence-corrected chi connectivity index (χ0v) is 14.6. The average Bonchev–Trinajstić information content (AvgIpc) is 2.78. The number of hydrogen-bond acceptors (Lipinski definition) is 5. The molecular formula is C16H32N2O3. The van der Waals surface area contributed by atoms with Crippen LogP contribution in [0.2, 0.25) is 0 Å². The summed E-state index contributed by atoms with van der Waals surface area (Å²) >= 11 is 0. The highest BCUT2D eigenvalue weighted by molar-refractivity contribution is 5.76. The maximum absolute atomic E-state index is 11.8. The highest BCUT2D eigenvalue weighted by atomic mass is 16.6. The Morgan fingerprint density at radius 1 is 1.33 bits per heavy atom. The number of nitrogens with zero attached hydrogens (tertiary/aromatic N) is 1. The predicted octanol–water partition coefficient (Wildman–Crippen LogP) is 1.71. The van der Waals surface area contributed by atoms with E-state index < -0.39 is 5.60 Å². The summed E-state index contributed by atoms with van der Waals surface area (Å²) in [6, 6.07) is -0.158. The van der Waals surface area contributed by atoms with Crippen LogP contribution >= 0.6 is 0 Å². The van der Waals surface area contributed by atoms with E-state index in [2.05, 4.69) is 5.32 Å². The molecule has 0 bridgehead atoms. The van der Waals surface area contributed by atoms with Crippen LogP contribution in [-0.4, -0.2) is 56.0 Å². The van der Waals surface area contributed by atoms with Crippen molar-refractivity contribution in [2.24, 2.45) is 11.8 Å². The van der Waals surface area contributed by atoms with Crippen molar-refractivity contribution >= 4 is 12.3 Å². The Bertz CT molecular complexity index is 308. The van der Waals surface area contributed by atoms with Crippen LogP contribution in [0.25, 0.3) is 0 Å². The number of aldehydes is 1. The first-order valence-electron chi connectivity index (χ1n) is 7.63. The Balaban J connectivity index is 0.000000471. The Morgan fingerprint density at radius 3 is 2.14 bits per heavy atom. The van der Waals surface area contributed by atoms with Crippen molar-refractivity contribution in [2.75, 3.05) is 27.2 Å². The van der Waals surface area contributed by atoms with Gasteiger partial charge in [0.05, 0.1) is 0 Å². The molecule has 0 aliphatic carbocycles. The molecule has 1 rings (SSSR count). The number of esters is 1. The molecule has 1 N–H and O–H groups in total. The van der Waals surface area contributed by atoms with Gasteiger partial charge in [0, 0.05) is 12.5 Å². The molecule has 0 radical (unpaired) electrons. The minimum atomic E-state index is -0.403. The normalized spacial score (nSPS) is 20.0. The summed E-state index contributed by atoms with van der Waals surface area (Å²) in [6.07, 6.45) is 2.06. The Kier molecular flexibility index (Phi) is 8.74. The van der Waals surface area contributed by atoms with Crippen LogP contribution in [0, 0.1) is 11.8 Å². The zero-order chi connectivity index (χ0) is 16.6. The second-order valence-electron chi connectivity index (χ2n) is 7.07. The van der Waals surface area contributed by atoms with Gasteiger partial charge in [-0.3, -0.25) is 9.69 Å². The van der Waals surface area contributed by atoms with Gasteiger partial charge in [0.1, 0.15) is 17.9 Å². The molecule has 2 atom stereocenters. The lowest BCUT2D eigenvalue weighted by atomic mass is 10.0. The van der Waals surface area contributed by atoms with Crippen molar-refractivity contribution in [3.8, 4) is 0 Å². The fraction of sp³-hybridized carbons (Fsp3) is 0.875. The van der Waals surface area contributed by atoms with Gasteiger partial charge in [-0.2, -0.15) is 0 Å². The molecule has 1 aliphatic rings. The molecule has 0 saturated carbocycles. The first kappa shape index (κ1) is 20.1. The molecule has 0 amide bonds. The summed E-state index contributed by atoms with van der Waals surface area (Å²) in [4.78, 5) is 23.6. The van der Waals surface area contributed by atoms with Gasteiger partial charge in [0.15, 0.2) is 0 Å². The first-order valence-corrected chi connectivity index (χ1v) is 7.63. The van der Waals surface area contributed by atoms with Crippen molar-refractivity contribution < 1.29 is 14.3 Å². The summed E-state index contributed by atoms with van der Waals surface area (Å²) in [5.41, 5.74) is -0.403. The largest absolute Gasteiger partial charge is 0.459 e. The number of hydrogen-bond donors (Lipinski definition) is 1. The van der Waals surface area contributed by atoms with Gasteiger partial charge in [-0.25, -0.2) is 0 Å². The molecule has 1 heterocycles. The lowest BCUT2D eigenvalue weighted by Crippen LogP contribution is -2.43. The molecule has 0 aromatic carbocycles. The fourth-order valence-corrected chi connectivity index (χ4v) is 2.23. The quantitative estimate of drug-likeness (QED) is 0.633. The highest BCUT2D eigenvalue weighted by Crippen LogP contribution is 2.14. The summed E-state index contributed by atoms with van der Waals surface area (Å²) < 4.78 is 5.34. The summed E-state index contributed by atoms with van der Waals surface area (Å²) in [5, 5.41) is 3.09. The molecular weight excluding hydrogens is 268 g/mol. The number of nitrogens with one attached hydrogen (secondary N) is 1. The molecule has 5 nitrogen and oxygen atoms in total. The van der Waals surface area contributed by atoms with E-state index in [-0.39, 0.29) is 17.9 Å². The van der Waals surface area contributed by atoms with E-state index in [0.29, 0.717) is 5.92 Å². The van der Waals surface area contributed by atoms with Crippen LogP contribution in [0.15, 0.2) is 0 Å². The topological polar surface area (TPSA) is 58.6 Å². The van der Waals surface area contributed by atoms with Crippen molar-refractivity contribution in [1.82, 2.24) is 10.2 Å². The van der Waals surface area contributed by atoms with E-state index in [1.54, 1.807) is 0 Å². The van der Waals surface area contributed by atoms with Crippen LogP contribution in [0.1, 0.15) is 41.0 Å². The lowest BCUT2D eigenvalue weighted by molar-refractivity contribution is -0.162. The Hall–Kier alpha value is -0.940. The fourth-order valence-electron chi connectivity index (χ4n) is 2.23. The average molecular weight is 300 g/mol. The van der Waals surface area contributed by atoms with Crippen LogP contribution in [0.4, 0.5) is 0 Å². The van der Waals surface area contributed by atoms with E-state index in [1.165, 1.54) is 0 Å². The van der Waals surface area contributed by atoms with E-state index in [1.807, 2.05) is 53.6 Å². The number of carbonyl (C=O) groups is 2. The smallest absolute Gasteiger partial charge is 0.324 e. The van der Waals surface area contributed by atoms with Crippen LogP contribution in [0.3, 0.4) is 0 Å². The van der Waals surface area contributed by atoms with Gasteiger partial charge in [0.25, 0.3) is 0 Å². The van der Waals surface area contributed by atoms with Crippen molar-refractivity contribution in [1.29, 1.82) is 0 Å². The molecule has 1 fully saturated rings. The van der Waals surface area contributed by atoms with Gasteiger partial charge in [-0.1, -0.05) is 13.8 Å². The molecule has 21 heavy (non-hydrogen) atoms. The third-order valence-electron chi connectivity index (χ3n) is 3.13. The first-order chi connectivity index (χ1) is 9.58. The molecule has 0 spiro atoms. The van der Waals surface area contributed by atoms with E-state index in [0.717, 1.165) is 25.8 Å². The second-order valence-corrected chi connectivity index (χ2v) is 7.07. The number of likely N-dealkylation sites (N-methyl/N-ethyl adjacent to an activating group) is 1. The summed E-state index contributed by atoms with van der Waals surface area (Å²) in [6.45, 7) is 11.6. The molecule has 0 aromatic rings.